The number of phenols is 1. The zero-order valence-corrected chi connectivity index (χ0v) is 9.59. The summed E-state index contributed by atoms with van der Waals surface area (Å²) in [5.74, 6) is -3.78. The lowest BCUT2D eigenvalue weighted by Gasteiger charge is -2.16. The molecule has 1 rings (SSSR count). The summed E-state index contributed by atoms with van der Waals surface area (Å²) in [6, 6.07) is 4.26. The van der Waals surface area contributed by atoms with Gasteiger partial charge < -0.3 is 15.2 Å². The number of methoxy groups -OCH3 is 1. The Kier molecular flexibility index (Phi) is 4.77. The smallest absolute Gasteiger partial charge is 0.319 e. The Morgan fingerprint density at radius 3 is 2.61 bits per heavy atom. The van der Waals surface area contributed by atoms with Crippen molar-refractivity contribution in [2.24, 2.45) is 0 Å². The second-order valence-corrected chi connectivity index (χ2v) is 3.66. The molecule has 0 aliphatic heterocycles. The van der Waals surface area contributed by atoms with Crippen molar-refractivity contribution in [3.05, 3.63) is 23.8 Å². The number of phenolic OH excluding ortho intramolecular Hbond substituents is 1. The Hall–Kier alpha value is -1.50. The van der Waals surface area contributed by atoms with Crippen LogP contribution in [0.3, 0.4) is 0 Å². The van der Waals surface area contributed by atoms with E-state index in [4.69, 9.17) is 4.74 Å². The molecule has 0 amide bonds. The maximum Gasteiger partial charge on any atom is 0.319 e. The van der Waals surface area contributed by atoms with Gasteiger partial charge in [0.25, 0.3) is 0 Å². The molecule has 0 unspecified atom stereocenters. The Bertz CT molecular complexity index is 399. The minimum atomic E-state index is -4.09. The number of benzene rings is 1. The van der Waals surface area contributed by atoms with Gasteiger partial charge in [0, 0.05) is 12.1 Å². The molecule has 0 aliphatic carbocycles. The average Bonchev–Trinajstić information content (AvgIpc) is 2.31. The Labute approximate surface area is 101 Å². The van der Waals surface area contributed by atoms with E-state index in [0.717, 1.165) is 0 Å². The van der Waals surface area contributed by atoms with Crippen molar-refractivity contribution in [1.82, 2.24) is 5.32 Å². The van der Waals surface area contributed by atoms with Crippen molar-refractivity contribution in [2.75, 3.05) is 13.7 Å². The highest BCUT2D eigenvalue weighted by Gasteiger charge is 2.39. The van der Waals surface area contributed by atoms with Crippen molar-refractivity contribution in [2.45, 2.75) is 18.9 Å². The van der Waals surface area contributed by atoms with E-state index in [2.05, 4.69) is 5.32 Å². The van der Waals surface area contributed by atoms with E-state index in [0.29, 0.717) is 11.3 Å². The lowest BCUT2D eigenvalue weighted by molar-refractivity contribution is -0.125. The molecule has 0 fully saturated rings. The van der Waals surface area contributed by atoms with Crippen LogP contribution in [0, 0.1) is 0 Å². The van der Waals surface area contributed by atoms with Crippen molar-refractivity contribution in [3.63, 3.8) is 0 Å². The number of nitrogens with one attached hydrogen (secondary N) is 1. The zero-order chi connectivity index (χ0) is 13.8. The van der Waals surface area contributed by atoms with Crippen LogP contribution in [0.25, 0.3) is 0 Å². The first-order valence-corrected chi connectivity index (χ1v) is 5.09. The predicted octanol–water partition coefficient (Wildman–Crippen LogP) is 2.39. The largest absolute Gasteiger partial charge is 0.508 e. The lowest BCUT2D eigenvalue weighted by atomic mass is 10.2. The molecule has 102 valence electrons. The second-order valence-electron chi connectivity index (χ2n) is 3.66. The number of halogens is 4. The van der Waals surface area contributed by atoms with Crippen LogP contribution in [-0.4, -0.2) is 31.1 Å². The second kappa shape index (κ2) is 5.90. The summed E-state index contributed by atoms with van der Waals surface area (Å²) in [5.41, 5.74) is 0.291. The summed E-state index contributed by atoms with van der Waals surface area (Å²) < 4.78 is 53.8. The van der Waals surface area contributed by atoms with Gasteiger partial charge in [-0.2, -0.15) is 8.78 Å². The van der Waals surface area contributed by atoms with Crippen molar-refractivity contribution >= 4 is 0 Å². The van der Waals surface area contributed by atoms with Gasteiger partial charge >= 0.3 is 12.3 Å². The highest BCUT2D eigenvalue weighted by atomic mass is 19.3. The van der Waals surface area contributed by atoms with Gasteiger partial charge in [-0.1, -0.05) is 0 Å². The molecule has 0 aromatic heterocycles. The molecule has 0 spiro atoms. The average molecular weight is 267 g/mol. The molecular formula is C11H13F4NO2. The summed E-state index contributed by atoms with van der Waals surface area (Å²) in [6.45, 7) is -1.33. The van der Waals surface area contributed by atoms with Gasteiger partial charge in [0.15, 0.2) is 0 Å². The van der Waals surface area contributed by atoms with E-state index in [1.807, 2.05) is 0 Å². The maximum atomic E-state index is 12.6. The van der Waals surface area contributed by atoms with Crippen LogP contribution in [0.4, 0.5) is 17.6 Å². The predicted molar refractivity (Wildman–Crippen MR) is 57.3 cm³/mol. The standard InChI is InChI=1S/C11H13F4NO2/c1-18-8-2-3-9(17)7(4-8)5-16-6-11(14,15)10(12)13/h2-4,10,16-17H,5-6H2,1H3. The van der Waals surface area contributed by atoms with Crippen molar-refractivity contribution < 1.29 is 27.4 Å². The first-order valence-electron chi connectivity index (χ1n) is 5.09. The van der Waals surface area contributed by atoms with Gasteiger partial charge in [-0.3, -0.25) is 0 Å². The van der Waals surface area contributed by atoms with E-state index in [1.165, 1.54) is 25.3 Å². The van der Waals surface area contributed by atoms with Crippen LogP contribution >= 0.6 is 0 Å². The Morgan fingerprint density at radius 1 is 1.39 bits per heavy atom. The number of hydrogen-bond acceptors (Lipinski definition) is 3. The van der Waals surface area contributed by atoms with Crippen molar-refractivity contribution in [1.29, 1.82) is 0 Å². The number of ether oxygens (including phenoxy) is 1. The normalized spacial score (nSPS) is 11.9. The molecule has 0 aliphatic rings. The SMILES string of the molecule is COc1ccc(O)c(CNCC(F)(F)C(F)F)c1. The maximum absolute atomic E-state index is 12.6. The van der Waals surface area contributed by atoms with E-state index in [1.54, 1.807) is 0 Å². The Morgan fingerprint density at radius 2 is 2.06 bits per heavy atom. The molecule has 18 heavy (non-hydrogen) atoms. The number of alkyl halides is 4. The number of hydrogen-bond donors (Lipinski definition) is 2. The molecule has 0 radical (unpaired) electrons. The molecule has 0 heterocycles. The van der Waals surface area contributed by atoms with Crippen molar-refractivity contribution in [3.8, 4) is 11.5 Å². The monoisotopic (exact) mass is 267 g/mol. The zero-order valence-electron chi connectivity index (χ0n) is 9.59. The van der Waals surface area contributed by atoms with Crippen LogP contribution in [-0.2, 0) is 6.54 Å². The lowest BCUT2D eigenvalue weighted by Crippen LogP contribution is -2.38. The fourth-order valence-corrected chi connectivity index (χ4v) is 1.27. The molecule has 3 nitrogen and oxygen atoms in total. The highest BCUT2D eigenvalue weighted by molar-refractivity contribution is 5.39. The van der Waals surface area contributed by atoms with Gasteiger partial charge in [-0.05, 0) is 18.2 Å². The summed E-state index contributed by atoms with van der Waals surface area (Å²) in [7, 11) is 1.41. The van der Waals surface area contributed by atoms with Crippen LogP contribution in [0.15, 0.2) is 18.2 Å². The minimum Gasteiger partial charge on any atom is -0.508 e. The van der Waals surface area contributed by atoms with Gasteiger partial charge in [0.05, 0.1) is 13.7 Å². The van der Waals surface area contributed by atoms with E-state index >= 15 is 0 Å². The molecule has 1 aromatic rings. The molecule has 0 bridgehead atoms. The highest BCUT2D eigenvalue weighted by Crippen LogP contribution is 2.24. The van der Waals surface area contributed by atoms with Gasteiger partial charge in [-0.15, -0.1) is 0 Å². The summed E-state index contributed by atoms with van der Waals surface area (Å²) in [6.07, 6.45) is -3.72. The van der Waals surface area contributed by atoms with Gasteiger partial charge in [0.1, 0.15) is 11.5 Å². The fourth-order valence-electron chi connectivity index (χ4n) is 1.27. The summed E-state index contributed by atoms with van der Waals surface area (Å²) in [4.78, 5) is 0. The third-order valence-corrected chi connectivity index (χ3v) is 2.28. The van der Waals surface area contributed by atoms with Gasteiger partial charge in [-0.25, -0.2) is 8.78 Å². The quantitative estimate of drug-likeness (QED) is 0.778. The molecule has 2 N–H and O–H groups in total. The molecule has 0 saturated heterocycles. The first kappa shape index (κ1) is 14.6. The Balaban J connectivity index is 2.58. The summed E-state index contributed by atoms with van der Waals surface area (Å²) in [5, 5.41) is 11.6. The van der Waals surface area contributed by atoms with Crippen LogP contribution < -0.4 is 10.1 Å². The minimum absolute atomic E-state index is 0.122. The van der Waals surface area contributed by atoms with E-state index in [-0.39, 0.29) is 12.3 Å². The van der Waals surface area contributed by atoms with Crippen LogP contribution in [0.5, 0.6) is 11.5 Å². The van der Waals surface area contributed by atoms with Crippen LogP contribution in [0.2, 0.25) is 0 Å². The third-order valence-electron chi connectivity index (χ3n) is 2.28. The van der Waals surface area contributed by atoms with E-state index in [9.17, 15) is 22.7 Å². The first-order chi connectivity index (χ1) is 8.36. The molecular weight excluding hydrogens is 254 g/mol. The summed E-state index contributed by atoms with van der Waals surface area (Å²) >= 11 is 0. The van der Waals surface area contributed by atoms with Crippen LogP contribution in [0.1, 0.15) is 5.56 Å². The fraction of sp³-hybridized carbons (Fsp3) is 0.455. The number of aromatic hydroxyl groups is 1. The molecule has 0 atom stereocenters. The molecule has 0 saturated carbocycles. The topological polar surface area (TPSA) is 41.5 Å². The molecule has 7 heteroatoms. The third kappa shape index (κ3) is 3.76. The number of rotatable bonds is 6. The molecule has 1 aromatic carbocycles. The van der Waals surface area contributed by atoms with Gasteiger partial charge in [0.2, 0.25) is 0 Å². The van der Waals surface area contributed by atoms with E-state index < -0.39 is 18.9 Å².